The average Bonchev–Trinajstić information content (AvgIpc) is 3.12. The van der Waals surface area contributed by atoms with E-state index in [9.17, 15) is 9.59 Å². The van der Waals surface area contributed by atoms with Crippen molar-refractivity contribution in [3.8, 4) is 0 Å². The predicted molar refractivity (Wildman–Crippen MR) is 93.8 cm³/mol. The molecule has 4 rings (SSSR count). The van der Waals surface area contributed by atoms with Crippen molar-refractivity contribution in [3.63, 3.8) is 0 Å². The van der Waals surface area contributed by atoms with E-state index in [1.54, 1.807) is 0 Å². The number of Topliss-reactive ketones (excluding diaryl/α,β-unsaturated/α-hetero) is 1. The number of H-pyrrole nitrogens is 1. The van der Waals surface area contributed by atoms with Crippen molar-refractivity contribution >= 4 is 22.6 Å². The van der Waals surface area contributed by atoms with Crippen LogP contribution in [0.1, 0.15) is 45.6 Å². The summed E-state index contributed by atoms with van der Waals surface area (Å²) in [5, 5.41) is 1.21. The van der Waals surface area contributed by atoms with Crippen LogP contribution >= 0.6 is 0 Å². The largest absolute Gasteiger partial charge is 0.361 e. The first kappa shape index (κ1) is 15.2. The van der Waals surface area contributed by atoms with E-state index in [4.69, 9.17) is 0 Å². The van der Waals surface area contributed by atoms with Crippen LogP contribution in [0, 0.1) is 0 Å². The minimum Gasteiger partial charge on any atom is -0.361 e. The zero-order valence-corrected chi connectivity index (χ0v) is 14.5. The van der Waals surface area contributed by atoms with E-state index in [-0.39, 0.29) is 29.2 Å². The lowest BCUT2D eigenvalue weighted by molar-refractivity contribution is -0.131. The quantitative estimate of drug-likeness (QED) is 0.860. The molecular formula is C20H22N2O2. The minimum atomic E-state index is -0.261. The number of ketones is 1. The third-order valence-electron chi connectivity index (χ3n) is 5.67. The van der Waals surface area contributed by atoms with Crippen LogP contribution < -0.4 is 0 Å². The highest BCUT2D eigenvalue weighted by atomic mass is 16.2. The summed E-state index contributed by atoms with van der Waals surface area (Å²) in [4.78, 5) is 30.2. The molecule has 1 aromatic heterocycles. The fourth-order valence-corrected chi connectivity index (χ4v) is 4.75. The molecule has 4 heteroatoms. The van der Waals surface area contributed by atoms with Gasteiger partial charge in [0.1, 0.15) is 0 Å². The van der Waals surface area contributed by atoms with Gasteiger partial charge in [0.25, 0.3) is 5.91 Å². The van der Waals surface area contributed by atoms with Crippen molar-refractivity contribution in [1.82, 2.24) is 9.88 Å². The standard InChI is InChI=1S/C20H22N2O2/c1-11-17(12(2)23)19(24)22-18(11)14(9-20(22,3)4)15-10-21-16-8-6-5-7-13(15)16/h5-8,10,14,18,21H,9H2,1-4H3/t14?,18-/m1/s1. The number of carbonyl (C=O) groups excluding carboxylic acids is 2. The number of benzene rings is 1. The third kappa shape index (κ3) is 1.86. The van der Waals surface area contributed by atoms with Gasteiger partial charge in [-0.25, -0.2) is 0 Å². The van der Waals surface area contributed by atoms with Crippen LogP contribution in [0.15, 0.2) is 41.6 Å². The number of para-hydroxylation sites is 1. The van der Waals surface area contributed by atoms with Gasteiger partial charge in [-0.1, -0.05) is 18.2 Å². The molecule has 1 amide bonds. The van der Waals surface area contributed by atoms with Crippen molar-refractivity contribution in [1.29, 1.82) is 0 Å². The lowest BCUT2D eigenvalue weighted by Gasteiger charge is -2.32. The van der Waals surface area contributed by atoms with E-state index in [0.29, 0.717) is 5.57 Å². The van der Waals surface area contributed by atoms with E-state index in [2.05, 4.69) is 37.2 Å². The van der Waals surface area contributed by atoms with Gasteiger partial charge in [-0.05, 0) is 51.3 Å². The van der Waals surface area contributed by atoms with E-state index < -0.39 is 0 Å². The van der Waals surface area contributed by atoms with E-state index in [1.807, 2.05) is 24.0 Å². The number of fused-ring (bicyclic) bond motifs is 2. The Hall–Kier alpha value is -2.36. The highest BCUT2D eigenvalue weighted by molar-refractivity contribution is 6.21. The first-order chi connectivity index (χ1) is 11.3. The van der Waals surface area contributed by atoms with E-state index in [1.165, 1.54) is 17.9 Å². The molecule has 1 fully saturated rings. The Balaban J connectivity index is 1.89. The zero-order chi connectivity index (χ0) is 17.2. The van der Waals surface area contributed by atoms with Crippen LogP contribution in [0.5, 0.6) is 0 Å². The summed E-state index contributed by atoms with van der Waals surface area (Å²) < 4.78 is 0. The Labute approximate surface area is 141 Å². The van der Waals surface area contributed by atoms with Gasteiger partial charge >= 0.3 is 0 Å². The number of hydrogen-bond acceptors (Lipinski definition) is 2. The molecule has 0 bridgehead atoms. The van der Waals surface area contributed by atoms with Gasteiger partial charge in [0, 0.05) is 28.6 Å². The summed E-state index contributed by atoms with van der Waals surface area (Å²) in [5.74, 6) is -0.0188. The Morgan fingerprint density at radius 3 is 2.71 bits per heavy atom. The topological polar surface area (TPSA) is 53.2 Å². The average molecular weight is 322 g/mol. The fourth-order valence-electron chi connectivity index (χ4n) is 4.75. The maximum Gasteiger partial charge on any atom is 0.258 e. The molecule has 1 aromatic carbocycles. The number of aromatic nitrogens is 1. The van der Waals surface area contributed by atoms with Crippen LogP contribution in [-0.2, 0) is 9.59 Å². The fraction of sp³-hybridized carbons (Fsp3) is 0.400. The molecule has 2 atom stereocenters. The van der Waals surface area contributed by atoms with Gasteiger partial charge in [0.05, 0.1) is 11.6 Å². The van der Waals surface area contributed by atoms with Gasteiger partial charge < -0.3 is 9.88 Å². The highest BCUT2D eigenvalue weighted by Crippen LogP contribution is 2.51. The van der Waals surface area contributed by atoms with Gasteiger partial charge in [-0.15, -0.1) is 0 Å². The lowest BCUT2D eigenvalue weighted by atomic mass is 9.84. The molecule has 1 saturated heterocycles. The smallest absolute Gasteiger partial charge is 0.258 e. The van der Waals surface area contributed by atoms with Crippen molar-refractivity contribution in [2.24, 2.45) is 0 Å². The molecule has 3 heterocycles. The Bertz CT molecular complexity index is 903. The number of hydrogen-bond donors (Lipinski definition) is 1. The summed E-state index contributed by atoms with van der Waals surface area (Å²) in [6.07, 6.45) is 2.96. The number of rotatable bonds is 2. The molecule has 0 aliphatic carbocycles. The molecule has 0 radical (unpaired) electrons. The second-order valence-corrected chi connectivity index (χ2v) is 7.65. The summed E-state index contributed by atoms with van der Waals surface area (Å²) in [6, 6.07) is 8.23. The molecule has 1 unspecified atom stereocenters. The number of carbonyl (C=O) groups is 2. The third-order valence-corrected chi connectivity index (χ3v) is 5.67. The first-order valence-electron chi connectivity index (χ1n) is 8.44. The Morgan fingerprint density at radius 1 is 1.29 bits per heavy atom. The van der Waals surface area contributed by atoms with Crippen LogP contribution in [0.4, 0.5) is 0 Å². The van der Waals surface area contributed by atoms with Crippen LogP contribution in [0.3, 0.4) is 0 Å². The van der Waals surface area contributed by atoms with Gasteiger partial charge in [-0.3, -0.25) is 9.59 Å². The monoisotopic (exact) mass is 322 g/mol. The summed E-state index contributed by atoms with van der Waals surface area (Å²) in [6.45, 7) is 7.64. The van der Waals surface area contributed by atoms with Crippen molar-refractivity contribution < 1.29 is 9.59 Å². The van der Waals surface area contributed by atoms with Crippen molar-refractivity contribution in [2.45, 2.75) is 51.6 Å². The zero-order valence-electron chi connectivity index (χ0n) is 14.5. The highest BCUT2D eigenvalue weighted by Gasteiger charge is 2.55. The molecule has 1 N–H and O–H groups in total. The molecule has 0 saturated carbocycles. The Kier molecular flexibility index (Phi) is 3.05. The van der Waals surface area contributed by atoms with Crippen molar-refractivity contribution in [2.75, 3.05) is 0 Å². The number of aromatic amines is 1. The number of amides is 1. The normalized spacial score (nSPS) is 25.7. The van der Waals surface area contributed by atoms with Crippen LogP contribution in [-0.4, -0.2) is 33.2 Å². The van der Waals surface area contributed by atoms with Gasteiger partial charge in [-0.2, -0.15) is 0 Å². The number of nitrogens with one attached hydrogen (secondary N) is 1. The van der Waals surface area contributed by atoms with Gasteiger partial charge in [0.15, 0.2) is 5.78 Å². The molecule has 0 spiro atoms. The molecule has 2 aromatic rings. The van der Waals surface area contributed by atoms with E-state index in [0.717, 1.165) is 17.5 Å². The predicted octanol–water partition coefficient (Wildman–Crippen LogP) is 3.55. The van der Waals surface area contributed by atoms with E-state index >= 15 is 0 Å². The second kappa shape index (κ2) is 4.82. The molecule has 4 nitrogen and oxygen atoms in total. The molecule has 124 valence electrons. The summed E-state index contributed by atoms with van der Waals surface area (Å²) in [5.41, 5.74) is 3.40. The minimum absolute atomic E-state index is 0.0226. The molecule has 24 heavy (non-hydrogen) atoms. The second-order valence-electron chi connectivity index (χ2n) is 7.65. The maximum atomic E-state index is 12.9. The van der Waals surface area contributed by atoms with Crippen molar-refractivity contribution in [3.05, 3.63) is 47.2 Å². The SMILES string of the molecule is CC(=O)C1=C(C)[C@@H]2C(c3c[nH]c4ccccc34)CC(C)(C)N2C1=O. The summed E-state index contributed by atoms with van der Waals surface area (Å²) in [7, 11) is 0. The first-order valence-corrected chi connectivity index (χ1v) is 8.44. The molecule has 2 aliphatic rings. The molecular weight excluding hydrogens is 300 g/mol. The van der Waals surface area contributed by atoms with Gasteiger partial charge in [0.2, 0.25) is 0 Å². The summed E-state index contributed by atoms with van der Waals surface area (Å²) >= 11 is 0. The number of nitrogens with zero attached hydrogens (tertiary/aromatic N) is 1. The molecule has 2 aliphatic heterocycles. The van der Waals surface area contributed by atoms with Crippen LogP contribution in [0.2, 0.25) is 0 Å². The maximum absolute atomic E-state index is 12.9. The lowest BCUT2D eigenvalue weighted by Crippen LogP contribution is -2.44. The Morgan fingerprint density at radius 2 is 2.00 bits per heavy atom. The van der Waals surface area contributed by atoms with Crippen LogP contribution in [0.25, 0.3) is 10.9 Å².